The molecule has 0 aliphatic rings. The van der Waals surface area contributed by atoms with Crippen LogP contribution in [-0.2, 0) is 0 Å². The summed E-state index contributed by atoms with van der Waals surface area (Å²) in [6, 6.07) is 26.4. The van der Waals surface area contributed by atoms with Gasteiger partial charge in [0.1, 0.15) is 40.4 Å². The van der Waals surface area contributed by atoms with Gasteiger partial charge in [-0.05, 0) is 54.1 Å². The molecule has 0 unspecified atom stereocenters. The van der Waals surface area contributed by atoms with E-state index < -0.39 is 4.92 Å². The highest BCUT2D eigenvalue weighted by atomic mass is 16.6. The molecule has 2 heterocycles. The molecule has 0 saturated heterocycles. The van der Waals surface area contributed by atoms with E-state index in [9.17, 15) is 15.4 Å². The molecule has 3 aromatic carbocycles. The van der Waals surface area contributed by atoms with E-state index in [4.69, 9.17) is 18.3 Å². The van der Waals surface area contributed by atoms with E-state index >= 15 is 0 Å². The smallest absolute Gasteiger partial charge is 0.270 e. The number of nitrogens with zero attached hydrogens (tertiary/aromatic N) is 3. The average molecular weight is 520 g/mol. The zero-order valence-electron chi connectivity index (χ0n) is 21.0. The van der Waals surface area contributed by atoms with E-state index in [0.29, 0.717) is 39.9 Å². The first kappa shape index (κ1) is 25.0. The van der Waals surface area contributed by atoms with Gasteiger partial charge < -0.3 is 18.3 Å². The molecule has 0 amide bonds. The highest BCUT2D eigenvalue weighted by Crippen LogP contribution is 2.43. The van der Waals surface area contributed by atoms with Gasteiger partial charge >= 0.3 is 0 Å². The second-order valence-corrected chi connectivity index (χ2v) is 8.32. The number of nitro groups is 1. The summed E-state index contributed by atoms with van der Waals surface area (Å²) in [4.78, 5) is 15.1. The fraction of sp³-hybridized carbons (Fsp3) is 0.0667. The first-order valence-electron chi connectivity index (χ1n) is 11.7. The molecule has 9 nitrogen and oxygen atoms in total. The van der Waals surface area contributed by atoms with Gasteiger partial charge in [0.15, 0.2) is 0 Å². The minimum atomic E-state index is -0.462. The lowest BCUT2D eigenvalue weighted by atomic mass is 9.98. The molecule has 0 aliphatic heterocycles. The van der Waals surface area contributed by atoms with Crippen LogP contribution in [0.25, 0.3) is 33.8 Å². The molecule has 0 N–H and O–H groups in total. The SMILES string of the molecule is COc1ccc(-c2oc(N=Cc3ccc(-c4cccc([N+](=O)[O-])c4)o3)c(C#N)c2-c2ccc(OC)cc2)cc1. The minimum Gasteiger partial charge on any atom is -0.497 e. The van der Waals surface area contributed by atoms with Crippen LogP contribution in [0.15, 0.2) is 98.8 Å². The third kappa shape index (κ3) is 5.12. The molecular weight excluding hydrogens is 498 g/mol. The quantitative estimate of drug-likeness (QED) is 0.119. The summed E-state index contributed by atoms with van der Waals surface area (Å²) in [6.07, 6.45) is 1.44. The van der Waals surface area contributed by atoms with Crippen molar-refractivity contribution in [3.63, 3.8) is 0 Å². The van der Waals surface area contributed by atoms with Gasteiger partial charge in [-0.15, -0.1) is 0 Å². The first-order valence-corrected chi connectivity index (χ1v) is 11.7. The molecule has 0 atom stereocenters. The topological polar surface area (TPSA) is 124 Å². The fourth-order valence-electron chi connectivity index (χ4n) is 4.06. The average Bonchev–Trinajstić information content (AvgIpc) is 3.61. The standard InChI is InChI=1S/C30H21N3O6/c1-36-23-10-6-19(7-11-23)28-26(17-31)30(39-29(28)20-8-12-24(37-2)13-9-20)32-18-25-14-15-27(38-25)21-4-3-5-22(16-21)33(34)35/h3-16,18H,1-2H3. The highest BCUT2D eigenvalue weighted by molar-refractivity contribution is 5.89. The molecule has 0 fully saturated rings. The number of furan rings is 2. The van der Waals surface area contributed by atoms with E-state index in [1.165, 1.54) is 18.3 Å². The molecule has 0 aliphatic carbocycles. The molecule has 2 aromatic heterocycles. The summed E-state index contributed by atoms with van der Waals surface area (Å²) in [6.45, 7) is 0. The van der Waals surface area contributed by atoms with Gasteiger partial charge in [-0.2, -0.15) is 5.26 Å². The van der Waals surface area contributed by atoms with Crippen molar-refractivity contribution in [2.75, 3.05) is 14.2 Å². The summed E-state index contributed by atoms with van der Waals surface area (Å²) in [5.41, 5.74) is 2.87. The minimum absolute atomic E-state index is 0.0366. The van der Waals surface area contributed by atoms with Crippen LogP contribution in [0.2, 0.25) is 0 Å². The molecular formula is C30H21N3O6. The van der Waals surface area contributed by atoms with E-state index in [0.717, 1.165) is 11.1 Å². The lowest BCUT2D eigenvalue weighted by Gasteiger charge is -2.06. The predicted molar refractivity (Wildman–Crippen MR) is 145 cm³/mol. The van der Waals surface area contributed by atoms with Crippen LogP contribution < -0.4 is 9.47 Å². The number of ether oxygens (including phenoxy) is 2. The molecule has 39 heavy (non-hydrogen) atoms. The third-order valence-electron chi connectivity index (χ3n) is 6.01. The van der Waals surface area contributed by atoms with Crippen molar-refractivity contribution >= 4 is 17.8 Å². The third-order valence-corrected chi connectivity index (χ3v) is 6.01. The van der Waals surface area contributed by atoms with Crippen molar-refractivity contribution in [1.82, 2.24) is 0 Å². The van der Waals surface area contributed by atoms with Gasteiger partial charge in [-0.25, -0.2) is 4.99 Å². The van der Waals surface area contributed by atoms with Crippen LogP contribution in [0.3, 0.4) is 0 Å². The number of nitriles is 1. The second kappa shape index (κ2) is 10.8. The van der Waals surface area contributed by atoms with Crippen molar-refractivity contribution < 1.29 is 23.2 Å². The van der Waals surface area contributed by atoms with Gasteiger partial charge in [0.05, 0.1) is 25.4 Å². The molecule has 192 valence electrons. The fourth-order valence-corrected chi connectivity index (χ4v) is 4.06. The van der Waals surface area contributed by atoms with Crippen molar-refractivity contribution in [1.29, 1.82) is 5.26 Å². The van der Waals surface area contributed by atoms with Crippen LogP contribution >= 0.6 is 0 Å². The summed E-state index contributed by atoms with van der Waals surface area (Å²) >= 11 is 0. The van der Waals surface area contributed by atoms with Crippen LogP contribution in [0.5, 0.6) is 11.5 Å². The van der Waals surface area contributed by atoms with Crippen molar-refractivity contribution in [2.24, 2.45) is 4.99 Å². The van der Waals surface area contributed by atoms with Gasteiger partial charge in [-0.1, -0.05) is 24.3 Å². The zero-order chi connectivity index (χ0) is 27.4. The van der Waals surface area contributed by atoms with Crippen LogP contribution in [-0.4, -0.2) is 25.4 Å². The summed E-state index contributed by atoms with van der Waals surface area (Å²) in [5.74, 6) is 2.78. The first-order chi connectivity index (χ1) is 19.0. The number of benzene rings is 3. The predicted octanol–water partition coefficient (Wildman–Crippen LogP) is 7.42. The summed E-state index contributed by atoms with van der Waals surface area (Å²) in [7, 11) is 3.17. The number of hydrogen-bond donors (Lipinski definition) is 0. The number of non-ortho nitro benzene ring substituents is 1. The zero-order valence-corrected chi connectivity index (χ0v) is 21.0. The number of hydrogen-bond acceptors (Lipinski definition) is 8. The molecule has 0 radical (unpaired) electrons. The Morgan fingerprint density at radius 2 is 1.54 bits per heavy atom. The van der Waals surface area contributed by atoms with Gasteiger partial charge in [0.25, 0.3) is 5.69 Å². The molecule has 0 spiro atoms. The largest absolute Gasteiger partial charge is 0.497 e. The van der Waals surface area contributed by atoms with Gasteiger partial charge in [0.2, 0.25) is 5.88 Å². The lowest BCUT2D eigenvalue weighted by molar-refractivity contribution is -0.384. The van der Waals surface area contributed by atoms with Gasteiger partial charge in [0, 0.05) is 28.8 Å². The van der Waals surface area contributed by atoms with Crippen LogP contribution in [0.4, 0.5) is 11.6 Å². The Morgan fingerprint density at radius 3 is 2.15 bits per heavy atom. The number of nitro benzene ring substituents is 1. The highest BCUT2D eigenvalue weighted by Gasteiger charge is 2.23. The van der Waals surface area contributed by atoms with Gasteiger partial charge in [-0.3, -0.25) is 10.1 Å². The molecule has 5 aromatic rings. The van der Waals surface area contributed by atoms with E-state index in [1.54, 1.807) is 38.5 Å². The Labute approximate surface area is 223 Å². The summed E-state index contributed by atoms with van der Waals surface area (Å²) < 4.78 is 22.5. The number of aliphatic imine (C=N–C) groups is 1. The van der Waals surface area contributed by atoms with Crippen LogP contribution in [0.1, 0.15) is 11.3 Å². The Bertz CT molecular complexity index is 1710. The maximum Gasteiger partial charge on any atom is 0.270 e. The monoisotopic (exact) mass is 519 g/mol. The molecule has 0 bridgehead atoms. The molecule has 9 heteroatoms. The van der Waals surface area contributed by atoms with E-state index in [1.807, 2.05) is 48.5 Å². The Balaban J connectivity index is 1.55. The number of methoxy groups -OCH3 is 2. The number of rotatable bonds is 8. The Kier molecular flexibility index (Phi) is 6.92. The van der Waals surface area contributed by atoms with Crippen molar-refractivity contribution in [3.8, 4) is 51.3 Å². The van der Waals surface area contributed by atoms with Crippen molar-refractivity contribution in [3.05, 3.63) is 106 Å². The van der Waals surface area contributed by atoms with Crippen molar-refractivity contribution in [2.45, 2.75) is 0 Å². The Morgan fingerprint density at radius 1 is 0.872 bits per heavy atom. The molecule has 0 saturated carbocycles. The Hall–Kier alpha value is -5.62. The van der Waals surface area contributed by atoms with E-state index in [-0.39, 0.29) is 17.1 Å². The van der Waals surface area contributed by atoms with E-state index in [2.05, 4.69) is 11.1 Å². The maximum atomic E-state index is 11.1. The molecule has 5 rings (SSSR count). The lowest BCUT2D eigenvalue weighted by Crippen LogP contribution is -1.87. The maximum absolute atomic E-state index is 11.1. The van der Waals surface area contributed by atoms with Crippen LogP contribution in [0, 0.1) is 21.4 Å². The summed E-state index contributed by atoms with van der Waals surface area (Å²) in [5, 5.41) is 21.2. The second-order valence-electron chi connectivity index (χ2n) is 8.32. The normalized spacial score (nSPS) is 10.9.